The first kappa shape index (κ1) is 19.0. The molecule has 0 aliphatic carbocycles. The van der Waals surface area contributed by atoms with Gasteiger partial charge in [0.05, 0.1) is 0 Å². The summed E-state index contributed by atoms with van der Waals surface area (Å²) in [5.74, 6) is -1.88. The minimum Gasteiger partial charge on any atom is -0.478 e. The van der Waals surface area contributed by atoms with Crippen LogP contribution < -0.4 is 0 Å². The number of hydrogen-bond acceptors (Lipinski definition) is 2. The molecule has 0 spiro atoms. The van der Waals surface area contributed by atoms with E-state index in [9.17, 15) is 9.59 Å². The molecule has 7 heteroatoms. The largest absolute Gasteiger partial charge is 0.478 e. The van der Waals surface area contributed by atoms with Gasteiger partial charge in [-0.15, -0.1) is 0 Å². The monoisotopic (exact) mass is 414 g/mol. The summed E-state index contributed by atoms with van der Waals surface area (Å²) in [5, 5.41) is 15.6. The average Bonchev–Trinajstić information content (AvgIpc) is 1.87. The Bertz CT molecular complexity index is 181. The third-order valence-corrected chi connectivity index (χ3v) is 0.940. The van der Waals surface area contributed by atoms with Crippen LogP contribution in [0.5, 0.6) is 0 Å². The van der Waals surface area contributed by atoms with Crippen molar-refractivity contribution in [3.63, 3.8) is 0 Å². The van der Waals surface area contributed by atoms with Crippen LogP contribution in [0.3, 0.4) is 0 Å². The SMILES string of the molecule is O=C(O)C=CBr.O=C(O)C=CBr.[Cd]. The van der Waals surface area contributed by atoms with Gasteiger partial charge in [0.25, 0.3) is 0 Å². The van der Waals surface area contributed by atoms with Crippen LogP contribution in [-0.2, 0) is 36.9 Å². The van der Waals surface area contributed by atoms with Crippen LogP contribution in [0.4, 0.5) is 0 Å². The molecule has 0 aliphatic rings. The quantitative estimate of drug-likeness (QED) is 0.535. The molecule has 0 rings (SSSR count). The molecule has 0 heterocycles. The van der Waals surface area contributed by atoms with Crippen LogP contribution in [-0.4, -0.2) is 22.2 Å². The maximum Gasteiger partial charge on any atom is 0.328 e. The van der Waals surface area contributed by atoms with Crippen LogP contribution in [0, 0.1) is 0 Å². The van der Waals surface area contributed by atoms with E-state index in [1.165, 1.54) is 9.97 Å². The smallest absolute Gasteiger partial charge is 0.328 e. The van der Waals surface area contributed by atoms with Gasteiger partial charge in [-0.3, -0.25) is 0 Å². The number of halogens is 2. The van der Waals surface area contributed by atoms with E-state index in [-0.39, 0.29) is 27.3 Å². The van der Waals surface area contributed by atoms with Crippen molar-refractivity contribution < 1.29 is 47.1 Å². The third-order valence-electron chi connectivity index (χ3n) is 0.411. The van der Waals surface area contributed by atoms with Gasteiger partial charge >= 0.3 is 11.9 Å². The summed E-state index contributed by atoms with van der Waals surface area (Å²) in [6, 6.07) is 0. The maximum atomic E-state index is 9.48. The minimum atomic E-state index is -0.938. The molecule has 70 valence electrons. The van der Waals surface area contributed by atoms with Crippen LogP contribution in [0.2, 0.25) is 0 Å². The second-order valence-corrected chi connectivity index (χ2v) is 2.32. The van der Waals surface area contributed by atoms with Crippen LogP contribution in [0.1, 0.15) is 0 Å². The molecule has 0 aromatic rings. The van der Waals surface area contributed by atoms with Crippen molar-refractivity contribution in [2.75, 3.05) is 0 Å². The van der Waals surface area contributed by atoms with E-state index in [1.54, 1.807) is 0 Å². The molecule has 0 aliphatic heterocycles. The van der Waals surface area contributed by atoms with Crippen molar-refractivity contribution in [1.82, 2.24) is 0 Å². The molecular weight excluding hydrogens is 408 g/mol. The van der Waals surface area contributed by atoms with E-state index in [1.807, 2.05) is 0 Å². The van der Waals surface area contributed by atoms with E-state index in [0.717, 1.165) is 12.2 Å². The molecule has 0 aromatic carbocycles. The Labute approximate surface area is 112 Å². The maximum absolute atomic E-state index is 9.48. The van der Waals surface area contributed by atoms with Crippen molar-refractivity contribution in [1.29, 1.82) is 0 Å². The Balaban J connectivity index is -0.000000143. The predicted molar refractivity (Wildman–Crippen MR) is 51.4 cm³/mol. The molecule has 13 heavy (non-hydrogen) atoms. The molecule has 0 saturated heterocycles. The van der Waals surface area contributed by atoms with Gasteiger partial charge in [-0.25, -0.2) is 9.59 Å². The summed E-state index contributed by atoms with van der Waals surface area (Å²) >= 11 is 5.58. The van der Waals surface area contributed by atoms with Crippen molar-refractivity contribution in [3.05, 3.63) is 22.1 Å². The van der Waals surface area contributed by atoms with Gasteiger partial charge in [0, 0.05) is 39.5 Å². The van der Waals surface area contributed by atoms with Crippen molar-refractivity contribution in [2.24, 2.45) is 0 Å². The molecule has 0 bridgehead atoms. The van der Waals surface area contributed by atoms with Gasteiger partial charge in [-0.2, -0.15) is 0 Å². The summed E-state index contributed by atoms with van der Waals surface area (Å²) in [6.07, 6.45) is 2.00. The number of carbonyl (C=O) groups is 2. The molecule has 0 aromatic heterocycles. The minimum absolute atomic E-state index is 0. The summed E-state index contributed by atoms with van der Waals surface area (Å²) in [6.45, 7) is 0. The van der Waals surface area contributed by atoms with Gasteiger partial charge in [0.2, 0.25) is 0 Å². The number of rotatable bonds is 2. The summed E-state index contributed by atoms with van der Waals surface area (Å²) in [4.78, 5) is 21.5. The Morgan fingerprint density at radius 3 is 1.15 bits per heavy atom. The number of carboxylic acids is 2. The van der Waals surface area contributed by atoms with E-state index in [2.05, 4.69) is 31.9 Å². The first-order valence-electron chi connectivity index (χ1n) is 2.54. The van der Waals surface area contributed by atoms with Gasteiger partial charge in [-0.1, -0.05) is 31.9 Å². The standard InChI is InChI=1S/2C3H3BrO2.Cd/c2*4-2-1-3(5)6;/h2*1-2H,(H,5,6);. The van der Waals surface area contributed by atoms with Gasteiger partial charge < -0.3 is 10.2 Å². The first-order valence-corrected chi connectivity index (χ1v) is 4.37. The van der Waals surface area contributed by atoms with Gasteiger partial charge in [-0.05, 0) is 9.97 Å². The average molecular weight is 414 g/mol. The van der Waals surface area contributed by atoms with Gasteiger partial charge in [0.15, 0.2) is 0 Å². The molecule has 0 unspecified atom stereocenters. The van der Waals surface area contributed by atoms with Crippen LogP contribution in [0.15, 0.2) is 22.1 Å². The zero-order valence-corrected chi connectivity index (χ0v) is 13.7. The summed E-state index contributed by atoms with van der Waals surface area (Å²) < 4.78 is 0. The zero-order valence-electron chi connectivity index (χ0n) is 6.48. The second-order valence-electron chi connectivity index (χ2n) is 1.26. The number of carboxylic acid groups (broad SMARTS) is 2. The Morgan fingerprint density at radius 1 is 0.923 bits per heavy atom. The van der Waals surface area contributed by atoms with E-state index >= 15 is 0 Å². The fourth-order valence-electron chi connectivity index (χ4n) is 0.108. The zero-order chi connectivity index (χ0) is 9.98. The Kier molecular flexibility index (Phi) is 21.6. The second kappa shape index (κ2) is 14.8. The number of hydrogen-bond donors (Lipinski definition) is 2. The summed E-state index contributed by atoms with van der Waals surface area (Å²) in [5.41, 5.74) is 0. The molecule has 4 nitrogen and oxygen atoms in total. The van der Waals surface area contributed by atoms with Crippen molar-refractivity contribution in [3.8, 4) is 0 Å². The van der Waals surface area contributed by atoms with Crippen molar-refractivity contribution in [2.45, 2.75) is 0 Å². The van der Waals surface area contributed by atoms with Crippen LogP contribution >= 0.6 is 31.9 Å². The van der Waals surface area contributed by atoms with Gasteiger partial charge in [0.1, 0.15) is 0 Å². The normalized spacial score (nSPS) is 8.77. The third kappa shape index (κ3) is 32.9. The number of aliphatic carboxylic acids is 2. The van der Waals surface area contributed by atoms with E-state index in [0.29, 0.717) is 0 Å². The molecule has 0 fully saturated rings. The van der Waals surface area contributed by atoms with Crippen LogP contribution in [0.25, 0.3) is 0 Å². The Morgan fingerprint density at radius 2 is 1.15 bits per heavy atom. The topological polar surface area (TPSA) is 74.6 Å². The fraction of sp³-hybridized carbons (Fsp3) is 0. The fourth-order valence-corrected chi connectivity index (χ4v) is 0.560. The predicted octanol–water partition coefficient (Wildman–Crippen LogP) is 1.96. The van der Waals surface area contributed by atoms with E-state index < -0.39 is 11.9 Å². The molecule has 0 radical (unpaired) electrons. The molecule has 0 saturated carbocycles. The molecule has 2 N–H and O–H groups in total. The first-order chi connectivity index (χ1) is 5.54. The summed E-state index contributed by atoms with van der Waals surface area (Å²) in [7, 11) is 0. The Hall–Kier alpha value is 0.302. The molecule has 0 atom stereocenters. The van der Waals surface area contributed by atoms with E-state index in [4.69, 9.17) is 10.2 Å². The molecular formula is C6H6Br2CdO4. The molecule has 0 amide bonds. The van der Waals surface area contributed by atoms with Crippen molar-refractivity contribution >= 4 is 43.8 Å².